The van der Waals surface area contributed by atoms with E-state index in [0.717, 1.165) is 11.3 Å². The summed E-state index contributed by atoms with van der Waals surface area (Å²) in [6, 6.07) is 9.68. The number of benzene rings is 2. The fourth-order valence-electron chi connectivity index (χ4n) is 2.38. The second-order valence-corrected chi connectivity index (χ2v) is 8.90. The summed E-state index contributed by atoms with van der Waals surface area (Å²) in [5.41, 5.74) is 0.764. The van der Waals surface area contributed by atoms with Crippen LogP contribution in [0.15, 0.2) is 40.7 Å². The molecule has 0 saturated carbocycles. The van der Waals surface area contributed by atoms with Crippen LogP contribution in [0.2, 0.25) is 10.0 Å². The quantitative estimate of drug-likeness (QED) is 0.338. The molecule has 0 aliphatic carbocycles. The molecule has 1 aromatic heterocycles. The summed E-state index contributed by atoms with van der Waals surface area (Å²) in [6.07, 6.45) is 0. The third-order valence-electron chi connectivity index (χ3n) is 3.81. The van der Waals surface area contributed by atoms with E-state index in [-0.39, 0.29) is 27.4 Å². The van der Waals surface area contributed by atoms with Gasteiger partial charge >= 0.3 is 0 Å². The number of carbonyl (C=O) groups excluding carboxylic acids is 2. The molecule has 12 heteroatoms. The molecule has 0 spiro atoms. The van der Waals surface area contributed by atoms with Crippen LogP contribution in [0.5, 0.6) is 11.5 Å². The van der Waals surface area contributed by atoms with Crippen LogP contribution in [-0.2, 0) is 4.79 Å². The highest BCUT2D eigenvalue weighted by molar-refractivity contribution is 8.01. The number of halogens is 2. The van der Waals surface area contributed by atoms with E-state index in [0.29, 0.717) is 26.5 Å². The fraction of sp³-hybridized carbons (Fsp3) is 0.158. The van der Waals surface area contributed by atoms with Crippen molar-refractivity contribution in [1.82, 2.24) is 10.2 Å². The van der Waals surface area contributed by atoms with E-state index in [9.17, 15) is 9.59 Å². The molecule has 3 aromatic rings. The van der Waals surface area contributed by atoms with E-state index in [1.807, 2.05) is 0 Å². The average molecular weight is 499 g/mol. The van der Waals surface area contributed by atoms with Crippen LogP contribution in [0.3, 0.4) is 0 Å². The first kappa shape index (κ1) is 23.1. The Balaban J connectivity index is 1.56. The van der Waals surface area contributed by atoms with Crippen molar-refractivity contribution in [1.29, 1.82) is 0 Å². The van der Waals surface area contributed by atoms with E-state index in [1.54, 1.807) is 24.3 Å². The number of hydrogen-bond donors (Lipinski definition) is 2. The van der Waals surface area contributed by atoms with Gasteiger partial charge in [-0.05, 0) is 30.3 Å². The Morgan fingerprint density at radius 2 is 1.87 bits per heavy atom. The zero-order valence-electron chi connectivity index (χ0n) is 16.3. The molecular formula is C19H16Cl2N4O4S2. The average Bonchev–Trinajstić information content (AvgIpc) is 3.19. The Hall–Kier alpha value is -2.53. The van der Waals surface area contributed by atoms with Crippen LogP contribution in [0.1, 0.15) is 10.4 Å². The van der Waals surface area contributed by atoms with Gasteiger partial charge in [0.2, 0.25) is 11.0 Å². The summed E-state index contributed by atoms with van der Waals surface area (Å²) >= 11 is 14.2. The first-order valence-corrected chi connectivity index (χ1v) is 11.2. The van der Waals surface area contributed by atoms with Crippen LogP contribution < -0.4 is 20.1 Å². The first-order valence-electron chi connectivity index (χ1n) is 8.64. The van der Waals surface area contributed by atoms with Crippen LogP contribution in [0, 0.1) is 0 Å². The predicted octanol–water partition coefficient (Wildman–Crippen LogP) is 4.85. The van der Waals surface area contributed by atoms with Crippen molar-refractivity contribution < 1.29 is 19.1 Å². The maximum atomic E-state index is 12.3. The van der Waals surface area contributed by atoms with Crippen LogP contribution >= 0.6 is 46.3 Å². The molecule has 0 aliphatic rings. The Morgan fingerprint density at radius 1 is 1.06 bits per heavy atom. The van der Waals surface area contributed by atoms with Crippen molar-refractivity contribution in [2.24, 2.45) is 0 Å². The number of aromatic nitrogens is 2. The van der Waals surface area contributed by atoms with Crippen molar-refractivity contribution in [3.05, 3.63) is 52.0 Å². The number of hydrogen-bond acceptors (Lipinski definition) is 8. The maximum absolute atomic E-state index is 12.3. The Kier molecular flexibility index (Phi) is 7.97. The molecule has 8 nitrogen and oxygen atoms in total. The van der Waals surface area contributed by atoms with Gasteiger partial charge in [-0.25, -0.2) is 0 Å². The van der Waals surface area contributed by atoms with Crippen molar-refractivity contribution in [3.8, 4) is 11.5 Å². The van der Waals surface area contributed by atoms with Crippen LogP contribution in [0.4, 0.5) is 10.8 Å². The summed E-state index contributed by atoms with van der Waals surface area (Å²) < 4.78 is 10.9. The van der Waals surface area contributed by atoms with Gasteiger partial charge in [-0.1, -0.05) is 46.3 Å². The number of nitrogens with zero attached hydrogens (tertiary/aromatic N) is 2. The minimum Gasteiger partial charge on any atom is -0.497 e. The zero-order valence-corrected chi connectivity index (χ0v) is 19.4. The van der Waals surface area contributed by atoms with E-state index < -0.39 is 5.91 Å². The number of rotatable bonds is 8. The van der Waals surface area contributed by atoms with Crippen LogP contribution in [-0.4, -0.2) is 42.0 Å². The third-order valence-corrected chi connectivity index (χ3v) is 6.33. The van der Waals surface area contributed by atoms with Gasteiger partial charge in [-0.15, -0.1) is 10.2 Å². The Bertz CT molecular complexity index is 1110. The number of anilines is 2. The van der Waals surface area contributed by atoms with Gasteiger partial charge in [0.25, 0.3) is 5.91 Å². The van der Waals surface area contributed by atoms with Gasteiger partial charge in [0, 0.05) is 11.1 Å². The van der Waals surface area contributed by atoms with E-state index in [1.165, 1.54) is 38.1 Å². The number of methoxy groups -OCH3 is 2. The highest BCUT2D eigenvalue weighted by Gasteiger charge is 2.15. The second kappa shape index (κ2) is 10.7. The molecule has 0 saturated heterocycles. The number of ether oxygens (including phenoxy) is 2. The van der Waals surface area contributed by atoms with Gasteiger partial charge in [0.05, 0.1) is 36.2 Å². The third kappa shape index (κ3) is 6.23. The SMILES string of the molecule is COc1ccc(OC)c(NC(=O)CSc2nnc(NC(=O)c3ccc(Cl)cc3Cl)s2)c1. The fourth-order valence-corrected chi connectivity index (χ4v) is 4.42. The topological polar surface area (TPSA) is 102 Å². The lowest BCUT2D eigenvalue weighted by Crippen LogP contribution is -2.14. The Morgan fingerprint density at radius 3 is 2.58 bits per heavy atom. The molecule has 0 unspecified atom stereocenters. The molecule has 0 bridgehead atoms. The highest BCUT2D eigenvalue weighted by atomic mass is 35.5. The van der Waals surface area contributed by atoms with Gasteiger partial charge < -0.3 is 14.8 Å². The molecule has 0 atom stereocenters. The number of amides is 2. The zero-order chi connectivity index (χ0) is 22.4. The monoisotopic (exact) mass is 498 g/mol. The summed E-state index contributed by atoms with van der Waals surface area (Å²) in [5, 5.41) is 14.2. The van der Waals surface area contributed by atoms with E-state index in [2.05, 4.69) is 20.8 Å². The van der Waals surface area contributed by atoms with Gasteiger partial charge in [0.1, 0.15) is 11.5 Å². The molecule has 162 valence electrons. The molecule has 0 fully saturated rings. The summed E-state index contributed by atoms with van der Waals surface area (Å²) in [6.45, 7) is 0. The highest BCUT2D eigenvalue weighted by Crippen LogP contribution is 2.30. The molecule has 31 heavy (non-hydrogen) atoms. The minimum atomic E-state index is -0.433. The lowest BCUT2D eigenvalue weighted by atomic mass is 10.2. The van der Waals surface area contributed by atoms with Crippen molar-refractivity contribution in [3.63, 3.8) is 0 Å². The first-order chi connectivity index (χ1) is 14.9. The largest absolute Gasteiger partial charge is 0.497 e. The lowest BCUT2D eigenvalue weighted by Gasteiger charge is -2.11. The normalized spacial score (nSPS) is 10.5. The van der Waals surface area contributed by atoms with E-state index in [4.69, 9.17) is 32.7 Å². The van der Waals surface area contributed by atoms with Gasteiger partial charge in [0.15, 0.2) is 4.34 Å². The molecule has 3 rings (SSSR count). The maximum Gasteiger partial charge on any atom is 0.259 e. The smallest absolute Gasteiger partial charge is 0.259 e. The molecule has 1 heterocycles. The molecule has 2 aromatic carbocycles. The number of nitrogens with one attached hydrogen (secondary N) is 2. The van der Waals surface area contributed by atoms with Crippen molar-refractivity contribution >= 4 is 68.9 Å². The van der Waals surface area contributed by atoms with Crippen molar-refractivity contribution in [2.45, 2.75) is 4.34 Å². The standard InChI is InChI=1S/C19H16Cl2N4O4S2/c1-28-11-4-6-15(29-2)14(8-11)22-16(26)9-30-19-25-24-18(31-19)23-17(27)12-5-3-10(20)7-13(12)21/h3-8H,9H2,1-2H3,(H,22,26)(H,23,24,27). The summed E-state index contributed by atoms with van der Waals surface area (Å²) in [4.78, 5) is 24.7. The number of thioether (sulfide) groups is 1. The predicted molar refractivity (Wildman–Crippen MR) is 123 cm³/mol. The molecule has 2 amide bonds. The van der Waals surface area contributed by atoms with Gasteiger partial charge in [-0.2, -0.15) is 0 Å². The summed E-state index contributed by atoms with van der Waals surface area (Å²) in [5.74, 6) is 0.504. The number of carbonyl (C=O) groups is 2. The molecule has 2 N–H and O–H groups in total. The lowest BCUT2D eigenvalue weighted by molar-refractivity contribution is -0.113. The molecule has 0 radical (unpaired) electrons. The van der Waals surface area contributed by atoms with Crippen LogP contribution in [0.25, 0.3) is 0 Å². The van der Waals surface area contributed by atoms with Gasteiger partial charge in [-0.3, -0.25) is 14.9 Å². The summed E-state index contributed by atoms with van der Waals surface area (Å²) in [7, 11) is 3.05. The second-order valence-electron chi connectivity index (χ2n) is 5.85. The Labute approximate surface area is 196 Å². The minimum absolute atomic E-state index is 0.0892. The molecule has 0 aliphatic heterocycles. The van der Waals surface area contributed by atoms with Crippen molar-refractivity contribution in [2.75, 3.05) is 30.6 Å². The van der Waals surface area contributed by atoms with E-state index >= 15 is 0 Å². The molecular weight excluding hydrogens is 483 g/mol.